The number of para-hydroxylation sites is 1. The Morgan fingerprint density at radius 1 is 1.00 bits per heavy atom. The molecule has 28 heavy (non-hydrogen) atoms. The Morgan fingerprint density at radius 2 is 1.82 bits per heavy atom. The largest absolute Gasteiger partial charge is 0.484 e. The van der Waals surface area contributed by atoms with Crippen LogP contribution in [-0.4, -0.2) is 18.4 Å². The van der Waals surface area contributed by atoms with Gasteiger partial charge in [-0.25, -0.2) is 0 Å². The predicted octanol–water partition coefficient (Wildman–Crippen LogP) is 4.67. The molecule has 1 heterocycles. The fourth-order valence-electron chi connectivity index (χ4n) is 2.71. The van der Waals surface area contributed by atoms with Crippen molar-refractivity contribution in [1.29, 1.82) is 0 Å². The highest BCUT2D eigenvalue weighted by atomic mass is 16.5. The van der Waals surface area contributed by atoms with Gasteiger partial charge in [0.05, 0.1) is 6.26 Å². The van der Waals surface area contributed by atoms with Crippen LogP contribution in [0.5, 0.6) is 5.75 Å². The molecule has 0 fully saturated rings. The second-order valence-corrected chi connectivity index (χ2v) is 6.54. The number of anilines is 2. The van der Waals surface area contributed by atoms with Gasteiger partial charge in [-0.05, 0) is 41.8 Å². The van der Waals surface area contributed by atoms with Crippen LogP contribution < -0.4 is 15.4 Å². The lowest BCUT2D eigenvalue weighted by Gasteiger charge is -2.14. The van der Waals surface area contributed by atoms with E-state index in [0.29, 0.717) is 17.4 Å². The lowest BCUT2D eigenvalue weighted by molar-refractivity contribution is -0.118. The van der Waals surface area contributed by atoms with E-state index in [4.69, 9.17) is 9.15 Å². The molecule has 144 valence electrons. The Kier molecular flexibility index (Phi) is 6.11. The smallest absolute Gasteiger partial charge is 0.291 e. The van der Waals surface area contributed by atoms with Gasteiger partial charge in [-0.2, -0.15) is 0 Å². The number of ether oxygens (including phenoxy) is 1. The number of benzene rings is 2. The van der Waals surface area contributed by atoms with Crippen molar-refractivity contribution in [2.75, 3.05) is 17.2 Å². The van der Waals surface area contributed by atoms with E-state index >= 15 is 0 Å². The maximum Gasteiger partial charge on any atom is 0.291 e. The Labute approximate surface area is 163 Å². The molecule has 0 saturated heterocycles. The van der Waals surface area contributed by atoms with E-state index in [1.165, 1.54) is 6.26 Å². The highest BCUT2D eigenvalue weighted by Crippen LogP contribution is 2.24. The minimum Gasteiger partial charge on any atom is -0.484 e. The van der Waals surface area contributed by atoms with Gasteiger partial charge in [-0.1, -0.05) is 38.1 Å². The quantitative estimate of drug-likeness (QED) is 0.626. The number of rotatable bonds is 7. The molecule has 0 unspecified atom stereocenters. The van der Waals surface area contributed by atoms with Gasteiger partial charge in [0.25, 0.3) is 11.8 Å². The summed E-state index contributed by atoms with van der Waals surface area (Å²) in [6.07, 6.45) is 1.44. The molecule has 6 nitrogen and oxygen atoms in total. The van der Waals surface area contributed by atoms with Gasteiger partial charge in [0, 0.05) is 17.4 Å². The zero-order valence-corrected chi connectivity index (χ0v) is 15.8. The van der Waals surface area contributed by atoms with Gasteiger partial charge in [-0.15, -0.1) is 0 Å². The molecule has 6 heteroatoms. The van der Waals surface area contributed by atoms with Crippen molar-refractivity contribution in [2.45, 2.75) is 19.8 Å². The van der Waals surface area contributed by atoms with E-state index < -0.39 is 0 Å². The molecule has 0 aliphatic carbocycles. The van der Waals surface area contributed by atoms with Gasteiger partial charge in [0.15, 0.2) is 12.4 Å². The standard InChI is InChI=1S/C22H22N2O4/c1-15(2)18-9-3-4-10-19(18)24-21(25)14-28-17-8-5-7-16(13-17)23-22(26)20-11-6-12-27-20/h3-13,15H,14H2,1-2H3,(H,23,26)(H,24,25). The Morgan fingerprint density at radius 3 is 2.57 bits per heavy atom. The molecule has 0 atom stereocenters. The molecular formula is C22H22N2O4. The number of amides is 2. The van der Waals surface area contributed by atoms with E-state index in [-0.39, 0.29) is 24.2 Å². The summed E-state index contributed by atoms with van der Waals surface area (Å²) in [5, 5.41) is 5.60. The minimum absolute atomic E-state index is 0.137. The first-order valence-electron chi connectivity index (χ1n) is 8.99. The highest BCUT2D eigenvalue weighted by molar-refractivity contribution is 6.02. The van der Waals surface area contributed by atoms with E-state index in [2.05, 4.69) is 24.5 Å². The lowest BCUT2D eigenvalue weighted by Crippen LogP contribution is -2.21. The Hall–Kier alpha value is -3.54. The maximum atomic E-state index is 12.3. The Balaban J connectivity index is 1.57. The first-order valence-corrected chi connectivity index (χ1v) is 8.99. The molecule has 0 radical (unpaired) electrons. The summed E-state index contributed by atoms with van der Waals surface area (Å²) < 4.78 is 10.6. The average Bonchev–Trinajstić information content (AvgIpc) is 3.22. The summed E-state index contributed by atoms with van der Waals surface area (Å²) in [6, 6.07) is 17.8. The Bertz CT molecular complexity index is 949. The van der Waals surface area contributed by atoms with E-state index in [0.717, 1.165) is 11.3 Å². The zero-order chi connectivity index (χ0) is 19.9. The van der Waals surface area contributed by atoms with Crippen molar-refractivity contribution in [3.05, 3.63) is 78.3 Å². The van der Waals surface area contributed by atoms with Crippen molar-refractivity contribution < 1.29 is 18.7 Å². The van der Waals surface area contributed by atoms with Crippen LogP contribution in [0.4, 0.5) is 11.4 Å². The molecule has 1 aromatic heterocycles. The SMILES string of the molecule is CC(C)c1ccccc1NC(=O)COc1cccc(NC(=O)c2ccco2)c1. The summed E-state index contributed by atoms with van der Waals surface area (Å²) in [5.74, 6) is 0.384. The third-order valence-electron chi connectivity index (χ3n) is 4.06. The average molecular weight is 378 g/mol. The fraction of sp³-hybridized carbons (Fsp3) is 0.182. The van der Waals surface area contributed by atoms with E-state index in [9.17, 15) is 9.59 Å². The van der Waals surface area contributed by atoms with Crippen molar-refractivity contribution in [2.24, 2.45) is 0 Å². The summed E-state index contributed by atoms with van der Waals surface area (Å²) >= 11 is 0. The molecule has 3 rings (SSSR count). The van der Waals surface area contributed by atoms with Crippen molar-refractivity contribution in [3.8, 4) is 5.75 Å². The van der Waals surface area contributed by atoms with E-state index in [1.807, 2.05) is 24.3 Å². The number of hydrogen-bond donors (Lipinski definition) is 2. The summed E-state index contributed by atoms with van der Waals surface area (Å²) in [4.78, 5) is 24.3. The minimum atomic E-state index is -0.356. The second-order valence-electron chi connectivity index (χ2n) is 6.54. The number of carbonyl (C=O) groups excluding carboxylic acids is 2. The molecule has 0 aliphatic rings. The van der Waals surface area contributed by atoms with Gasteiger partial charge >= 0.3 is 0 Å². The molecule has 0 aliphatic heterocycles. The normalized spacial score (nSPS) is 10.5. The summed E-state index contributed by atoms with van der Waals surface area (Å²) in [5.41, 5.74) is 2.40. The van der Waals surface area contributed by atoms with E-state index in [1.54, 1.807) is 36.4 Å². The predicted molar refractivity (Wildman–Crippen MR) is 108 cm³/mol. The van der Waals surface area contributed by atoms with Crippen LogP contribution in [0.25, 0.3) is 0 Å². The first kappa shape index (κ1) is 19.2. The zero-order valence-electron chi connectivity index (χ0n) is 15.8. The van der Waals surface area contributed by atoms with Crippen LogP contribution in [0.2, 0.25) is 0 Å². The third kappa shape index (κ3) is 5.01. The van der Waals surface area contributed by atoms with Crippen LogP contribution in [0, 0.1) is 0 Å². The summed E-state index contributed by atoms with van der Waals surface area (Å²) in [7, 11) is 0. The molecule has 0 bridgehead atoms. The van der Waals surface area contributed by atoms with Gasteiger partial charge < -0.3 is 19.8 Å². The second kappa shape index (κ2) is 8.90. The molecular weight excluding hydrogens is 356 g/mol. The fourth-order valence-corrected chi connectivity index (χ4v) is 2.71. The number of furan rings is 1. The van der Waals surface area contributed by atoms with Crippen LogP contribution in [0.3, 0.4) is 0 Å². The summed E-state index contributed by atoms with van der Waals surface area (Å²) in [6.45, 7) is 4.01. The van der Waals surface area contributed by atoms with Gasteiger partial charge in [0.2, 0.25) is 0 Å². The van der Waals surface area contributed by atoms with Gasteiger partial charge in [0.1, 0.15) is 5.75 Å². The van der Waals surface area contributed by atoms with Crippen molar-refractivity contribution >= 4 is 23.2 Å². The topological polar surface area (TPSA) is 80.6 Å². The number of carbonyl (C=O) groups is 2. The molecule has 2 aromatic carbocycles. The first-order chi connectivity index (χ1) is 13.5. The lowest BCUT2D eigenvalue weighted by atomic mass is 10.0. The molecule has 0 saturated carbocycles. The number of nitrogens with one attached hydrogen (secondary N) is 2. The number of hydrogen-bond acceptors (Lipinski definition) is 4. The van der Waals surface area contributed by atoms with Gasteiger partial charge in [-0.3, -0.25) is 9.59 Å². The van der Waals surface area contributed by atoms with Crippen molar-refractivity contribution in [3.63, 3.8) is 0 Å². The molecule has 0 spiro atoms. The maximum absolute atomic E-state index is 12.3. The molecule has 3 aromatic rings. The van der Waals surface area contributed by atoms with Crippen LogP contribution in [0.1, 0.15) is 35.9 Å². The highest BCUT2D eigenvalue weighted by Gasteiger charge is 2.11. The monoisotopic (exact) mass is 378 g/mol. The molecule has 2 N–H and O–H groups in total. The van der Waals surface area contributed by atoms with Crippen LogP contribution in [-0.2, 0) is 4.79 Å². The third-order valence-corrected chi connectivity index (χ3v) is 4.06. The van der Waals surface area contributed by atoms with Crippen molar-refractivity contribution in [1.82, 2.24) is 0 Å². The molecule has 2 amide bonds. The van der Waals surface area contributed by atoms with Crippen LogP contribution >= 0.6 is 0 Å². The van der Waals surface area contributed by atoms with Crippen LogP contribution in [0.15, 0.2) is 71.3 Å².